The van der Waals surface area contributed by atoms with Crippen LogP contribution in [0.1, 0.15) is 38.0 Å². The molecule has 1 aromatic heterocycles. The first-order valence-electron chi connectivity index (χ1n) is 10.4. The summed E-state index contributed by atoms with van der Waals surface area (Å²) in [6.07, 6.45) is 3.32. The molecule has 0 aliphatic carbocycles. The van der Waals surface area contributed by atoms with Gasteiger partial charge in [-0.2, -0.15) is 0 Å². The molecule has 3 rings (SSSR count). The van der Waals surface area contributed by atoms with Crippen molar-refractivity contribution in [2.75, 3.05) is 30.0 Å². The van der Waals surface area contributed by atoms with Gasteiger partial charge in [0.05, 0.1) is 23.8 Å². The third-order valence-electron chi connectivity index (χ3n) is 5.06. The molecule has 6 nitrogen and oxygen atoms in total. The summed E-state index contributed by atoms with van der Waals surface area (Å²) in [5.74, 6) is 1.40. The first kappa shape index (κ1) is 22.6. The Balaban J connectivity index is 1.49. The lowest BCUT2D eigenvalue weighted by Crippen LogP contribution is -2.43. The second kappa shape index (κ2) is 10.8. The number of thioether (sulfide) groups is 1. The van der Waals surface area contributed by atoms with Crippen LogP contribution in [0.4, 0.5) is 5.13 Å². The SMILES string of the molecule is CCOc1ccc(-c2nc(NC(=O)CSCC(=O)N3CCCCC3C)sc2C)cc1. The van der Waals surface area contributed by atoms with Gasteiger partial charge >= 0.3 is 0 Å². The minimum Gasteiger partial charge on any atom is -0.494 e. The number of anilines is 1. The van der Waals surface area contributed by atoms with E-state index >= 15 is 0 Å². The largest absolute Gasteiger partial charge is 0.494 e. The zero-order chi connectivity index (χ0) is 21.5. The maximum absolute atomic E-state index is 12.4. The summed E-state index contributed by atoms with van der Waals surface area (Å²) in [5.41, 5.74) is 1.85. The normalized spacial score (nSPS) is 16.4. The number of benzene rings is 1. The molecule has 0 saturated carbocycles. The number of ether oxygens (including phenoxy) is 1. The summed E-state index contributed by atoms with van der Waals surface area (Å²) >= 11 is 2.81. The number of nitrogens with zero attached hydrogens (tertiary/aromatic N) is 2. The van der Waals surface area contributed by atoms with Crippen LogP contribution in [0.5, 0.6) is 5.75 Å². The quantitative estimate of drug-likeness (QED) is 0.641. The molecule has 1 aliphatic rings. The van der Waals surface area contributed by atoms with Gasteiger partial charge in [-0.3, -0.25) is 9.59 Å². The van der Waals surface area contributed by atoms with E-state index in [0.717, 1.165) is 41.3 Å². The van der Waals surface area contributed by atoms with Crippen molar-refractivity contribution in [2.24, 2.45) is 0 Å². The van der Waals surface area contributed by atoms with E-state index in [-0.39, 0.29) is 17.6 Å². The van der Waals surface area contributed by atoms with E-state index in [2.05, 4.69) is 17.2 Å². The molecule has 1 atom stereocenters. The summed E-state index contributed by atoms with van der Waals surface area (Å²) in [5, 5.41) is 3.45. The smallest absolute Gasteiger partial charge is 0.236 e. The van der Waals surface area contributed by atoms with Crippen molar-refractivity contribution in [3.63, 3.8) is 0 Å². The van der Waals surface area contributed by atoms with Gasteiger partial charge in [0.1, 0.15) is 5.75 Å². The lowest BCUT2D eigenvalue weighted by Gasteiger charge is -2.33. The number of thiazole rings is 1. The predicted molar refractivity (Wildman–Crippen MR) is 124 cm³/mol. The number of aromatic nitrogens is 1. The Morgan fingerprint density at radius 2 is 2.03 bits per heavy atom. The molecule has 1 N–H and O–H groups in total. The fourth-order valence-corrected chi connectivity index (χ4v) is 5.08. The van der Waals surface area contributed by atoms with Crippen molar-refractivity contribution in [2.45, 2.75) is 46.1 Å². The average molecular weight is 448 g/mol. The summed E-state index contributed by atoms with van der Waals surface area (Å²) in [4.78, 5) is 32.2. The molecule has 2 heterocycles. The number of hydrogen-bond acceptors (Lipinski definition) is 6. The van der Waals surface area contributed by atoms with E-state index in [1.807, 2.05) is 43.0 Å². The number of piperidine rings is 1. The van der Waals surface area contributed by atoms with E-state index in [1.165, 1.54) is 29.5 Å². The van der Waals surface area contributed by atoms with E-state index in [1.54, 1.807) is 0 Å². The predicted octanol–water partition coefficient (Wildman–Crippen LogP) is 4.59. The Morgan fingerprint density at radius 1 is 1.27 bits per heavy atom. The lowest BCUT2D eigenvalue weighted by molar-refractivity contribution is -0.131. The number of carbonyl (C=O) groups is 2. The van der Waals surface area contributed by atoms with Gasteiger partial charge in [-0.1, -0.05) is 0 Å². The van der Waals surface area contributed by atoms with Gasteiger partial charge < -0.3 is 15.0 Å². The van der Waals surface area contributed by atoms with Crippen molar-refractivity contribution in [3.8, 4) is 17.0 Å². The Morgan fingerprint density at radius 3 is 2.73 bits per heavy atom. The van der Waals surface area contributed by atoms with Gasteiger partial charge in [0.15, 0.2) is 5.13 Å². The molecule has 162 valence electrons. The molecule has 0 spiro atoms. The van der Waals surface area contributed by atoms with Crippen LogP contribution in [0.25, 0.3) is 11.3 Å². The number of nitrogens with one attached hydrogen (secondary N) is 1. The Bertz CT molecular complexity index is 867. The van der Waals surface area contributed by atoms with Gasteiger partial charge in [0.2, 0.25) is 11.8 Å². The van der Waals surface area contributed by atoms with E-state index in [4.69, 9.17) is 4.74 Å². The van der Waals surface area contributed by atoms with E-state index in [0.29, 0.717) is 23.5 Å². The van der Waals surface area contributed by atoms with Crippen molar-refractivity contribution in [3.05, 3.63) is 29.1 Å². The molecular weight excluding hydrogens is 418 g/mol. The molecule has 8 heteroatoms. The number of rotatable bonds is 8. The summed E-state index contributed by atoms with van der Waals surface area (Å²) in [6, 6.07) is 8.10. The maximum atomic E-state index is 12.4. The molecule has 1 fully saturated rings. The minimum absolute atomic E-state index is 0.128. The summed E-state index contributed by atoms with van der Waals surface area (Å²) in [7, 11) is 0. The number of aryl methyl sites for hydroxylation is 1. The highest BCUT2D eigenvalue weighted by Gasteiger charge is 2.23. The molecule has 0 bridgehead atoms. The number of carbonyl (C=O) groups excluding carboxylic acids is 2. The number of hydrogen-bond donors (Lipinski definition) is 1. The Labute approximate surface area is 186 Å². The molecule has 1 aromatic carbocycles. The fourth-order valence-electron chi connectivity index (χ4n) is 3.53. The molecule has 0 radical (unpaired) electrons. The Hall–Kier alpha value is -2.06. The highest BCUT2D eigenvalue weighted by atomic mass is 32.2. The zero-order valence-corrected chi connectivity index (χ0v) is 19.4. The third-order valence-corrected chi connectivity index (χ3v) is 6.87. The lowest BCUT2D eigenvalue weighted by atomic mass is 10.0. The van der Waals surface area contributed by atoms with Crippen LogP contribution in [0.3, 0.4) is 0 Å². The van der Waals surface area contributed by atoms with Crippen molar-refractivity contribution < 1.29 is 14.3 Å². The monoisotopic (exact) mass is 447 g/mol. The first-order valence-corrected chi connectivity index (χ1v) is 12.3. The van der Waals surface area contributed by atoms with Crippen molar-refractivity contribution in [1.29, 1.82) is 0 Å². The van der Waals surface area contributed by atoms with Gasteiger partial charge in [0.25, 0.3) is 0 Å². The highest BCUT2D eigenvalue weighted by Crippen LogP contribution is 2.31. The van der Waals surface area contributed by atoms with E-state index in [9.17, 15) is 9.59 Å². The zero-order valence-electron chi connectivity index (χ0n) is 17.8. The molecule has 2 aromatic rings. The summed E-state index contributed by atoms with van der Waals surface area (Å²) in [6.45, 7) is 7.51. The van der Waals surface area contributed by atoms with Crippen molar-refractivity contribution in [1.82, 2.24) is 9.88 Å². The van der Waals surface area contributed by atoms with Crippen LogP contribution in [-0.4, -0.2) is 52.4 Å². The van der Waals surface area contributed by atoms with Crippen LogP contribution in [-0.2, 0) is 9.59 Å². The van der Waals surface area contributed by atoms with Crippen molar-refractivity contribution >= 4 is 40.0 Å². The number of amides is 2. The molecule has 1 unspecified atom stereocenters. The van der Waals surface area contributed by atoms with Crippen LogP contribution >= 0.6 is 23.1 Å². The van der Waals surface area contributed by atoms with Crippen LogP contribution in [0, 0.1) is 6.92 Å². The van der Waals surface area contributed by atoms with Gasteiger partial charge in [-0.15, -0.1) is 23.1 Å². The molecule has 2 amide bonds. The van der Waals surface area contributed by atoms with Crippen LogP contribution in [0.15, 0.2) is 24.3 Å². The molecule has 1 saturated heterocycles. The molecule has 1 aliphatic heterocycles. The topological polar surface area (TPSA) is 71.5 Å². The van der Waals surface area contributed by atoms with E-state index < -0.39 is 0 Å². The second-order valence-electron chi connectivity index (χ2n) is 7.35. The van der Waals surface area contributed by atoms with Gasteiger partial charge in [-0.25, -0.2) is 4.98 Å². The Kier molecular flexibility index (Phi) is 8.16. The van der Waals surface area contributed by atoms with Crippen LogP contribution in [0.2, 0.25) is 0 Å². The fraction of sp³-hybridized carbons (Fsp3) is 0.500. The summed E-state index contributed by atoms with van der Waals surface area (Å²) < 4.78 is 5.48. The first-order chi connectivity index (χ1) is 14.5. The third kappa shape index (κ3) is 5.98. The number of likely N-dealkylation sites (tertiary alicyclic amines) is 1. The molecular formula is C22H29N3O3S2. The van der Waals surface area contributed by atoms with Gasteiger partial charge in [0, 0.05) is 23.0 Å². The maximum Gasteiger partial charge on any atom is 0.236 e. The average Bonchev–Trinajstić information content (AvgIpc) is 3.09. The van der Waals surface area contributed by atoms with Crippen LogP contribution < -0.4 is 10.1 Å². The highest BCUT2D eigenvalue weighted by molar-refractivity contribution is 8.00. The standard InChI is InChI=1S/C22H29N3O3S2/c1-4-28-18-10-8-17(9-11-18)21-16(3)30-22(24-21)23-19(26)13-29-14-20(27)25-12-6-5-7-15(25)2/h8-11,15H,4-7,12-14H2,1-3H3,(H,23,24,26). The second-order valence-corrected chi connectivity index (χ2v) is 9.54. The van der Waals surface area contributed by atoms with Gasteiger partial charge in [-0.05, 0) is 64.3 Å². The minimum atomic E-state index is -0.133. The molecule has 30 heavy (non-hydrogen) atoms.